The van der Waals surface area contributed by atoms with Crippen molar-refractivity contribution < 1.29 is 18.3 Å². The lowest BCUT2D eigenvalue weighted by Crippen LogP contribution is -2.28. The van der Waals surface area contributed by atoms with Crippen LogP contribution >= 0.6 is 0 Å². The second kappa shape index (κ2) is 6.10. The Morgan fingerprint density at radius 3 is 2.88 bits per heavy atom. The van der Waals surface area contributed by atoms with Gasteiger partial charge in [0.25, 0.3) is 0 Å². The van der Waals surface area contributed by atoms with Gasteiger partial charge in [0, 0.05) is 26.9 Å². The van der Waals surface area contributed by atoms with E-state index >= 15 is 0 Å². The molecule has 0 radical (unpaired) electrons. The Kier molecular flexibility index (Phi) is 5.06. The van der Waals surface area contributed by atoms with Crippen LogP contribution in [0.4, 0.5) is 0 Å². The number of aliphatic hydroxyl groups excluding tert-OH is 1. The van der Waals surface area contributed by atoms with Crippen LogP contribution in [0.5, 0.6) is 0 Å². The normalized spacial score (nSPS) is 13.8. The second-order valence-corrected chi connectivity index (χ2v) is 5.41. The van der Waals surface area contributed by atoms with Crippen LogP contribution < -0.4 is 4.72 Å². The molecular formula is C9H17N3O4S. The van der Waals surface area contributed by atoms with E-state index in [4.69, 9.17) is 4.74 Å². The summed E-state index contributed by atoms with van der Waals surface area (Å²) in [5.41, 5.74) is 0. The van der Waals surface area contributed by atoms with E-state index in [9.17, 15) is 13.5 Å². The van der Waals surface area contributed by atoms with Crippen LogP contribution in [0.3, 0.4) is 0 Å². The van der Waals surface area contributed by atoms with Gasteiger partial charge in [-0.2, -0.15) is 5.10 Å². The predicted molar refractivity (Wildman–Crippen MR) is 60.9 cm³/mol. The smallest absolute Gasteiger partial charge is 0.243 e. The summed E-state index contributed by atoms with van der Waals surface area (Å²) in [5, 5.41) is 13.1. The summed E-state index contributed by atoms with van der Waals surface area (Å²) >= 11 is 0. The number of aromatic nitrogens is 2. The van der Waals surface area contributed by atoms with E-state index < -0.39 is 16.1 Å². The molecule has 1 atom stereocenters. The van der Waals surface area contributed by atoms with E-state index in [2.05, 4.69) is 9.82 Å². The number of sulfonamides is 1. The van der Waals surface area contributed by atoms with Crippen molar-refractivity contribution in [1.29, 1.82) is 0 Å². The Morgan fingerprint density at radius 1 is 1.65 bits per heavy atom. The summed E-state index contributed by atoms with van der Waals surface area (Å²) in [6.45, 7) is 0.344. The van der Waals surface area contributed by atoms with Crippen LogP contribution in [0.15, 0.2) is 17.3 Å². The van der Waals surface area contributed by atoms with Gasteiger partial charge in [-0.1, -0.05) is 0 Å². The average molecular weight is 263 g/mol. The molecule has 0 saturated carbocycles. The van der Waals surface area contributed by atoms with Gasteiger partial charge in [0.1, 0.15) is 4.90 Å². The van der Waals surface area contributed by atoms with E-state index in [1.165, 1.54) is 24.2 Å². The van der Waals surface area contributed by atoms with E-state index in [-0.39, 0.29) is 18.0 Å². The Morgan fingerprint density at radius 2 is 2.35 bits per heavy atom. The molecule has 0 saturated heterocycles. The molecule has 17 heavy (non-hydrogen) atoms. The minimum absolute atomic E-state index is 0.112. The highest BCUT2D eigenvalue weighted by molar-refractivity contribution is 7.89. The second-order valence-electron chi connectivity index (χ2n) is 3.65. The highest BCUT2D eigenvalue weighted by Crippen LogP contribution is 2.05. The molecule has 0 aromatic carbocycles. The van der Waals surface area contributed by atoms with Crippen LogP contribution in [0.25, 0.3) is 0 Å². The Bertz CT molecular complexity index is 443. The molecule has 0 spiro atoms. The zero-order chi connectivity index (χ0) is 12.9. The number of hydrogen-bond donors (Lipinski definition) is 2. The molecule has 8 heteroatoms. The fourth-order valence-electron chi connectivity index (χ4n) is 1.26. The van der Waals surface area contributed by atoms with Crippen LogP contribution in [0.2, 0.25) is 0 Å². The van der Waals surface area contributed by atoms with Crippen LogP contribution in [-0.2, 0) is 21.8 Å². The van der Waals surface area contributed by atoms with Crippen LogP contribution in [0, 0.1) is 0 Å². The number of aliphatic hydroxyl groups is 1. The van der Waals surface area contributed by atoms with Crippen molar-refractivity contribution in [3.05, 3.63) is 12.4 Å². The minimum atomic E-state index is -3.54. The van der Waals surface area contributed by atoms with Crippen molar-refractivity contribution in [2.45, 2.75) is 17.4 Å². The summed E-state index contributed by atoms with van der Waals surface area (Å²) in [4.78, 5) is 0.112. The monoisotopic (exact) mass is 263 g/mol. The molecule has 2 N–H and O–H groups in total. The van der Waals surface area contributed by atoms with E-state index in [0.29, 0.717) is 6.42 Å². The summed E-state index contributed by atoms with van der Waals surface area (Å²) < 4.78 is 31.9. The Labute approximate surface area is 100 Å². The Balaban J connectivity index is 2.46. The first-order chi connectivity index (χ1) is 7.95. The summed E-state index contributed by atoms with van der Waals surface area (Å²) in [5.74, 6) is 0. The van der Waals surface area contributed by atoms with Crippen molar-refractivity contribution >= 4 is 10.0 Å². The predicted octanol–water partition coefficient (Wildman–Crippen LogP) is -0.904. The van der Waals surface area contributed by atoms with E-state index in [1.807, 2.05) is 0 Å². The summed E-state index contributed by atoms with van der Waals surface area (Å²) in [7, 11) is -0.420. The first-order valence-corrected chi connectivity index (χ1v) is 6.59. The number of hydrogen-bond acceptors (Lipinski definition) is 5. The van der Waals surface area contributed by atoms with Crippen molar-refractivity contribution in [1.82, 2.24) is 14.5 Å². The highest BCUT2D eigenvalue weighted by atomic mass is 32.2. The number of nitrogens with zero attached hydrogens (tertiary/aromatic N) is 2. The van der Waals surface area contributed by atoms with Gasteiger partial charge in [-0.3, -0.25) is 4.68 Å². The zero-order valence-electron chi connectivity index (χ0n) is 9.83. The topological polar surface area (TPSA) is 93.4 Å². The lowest BCUT2D eigenvalue weighted by Gasteiger charge is -2.09. The first-order valence-electron chi connectivity index (χ1n) is 5.11. The molecule has 1 unspecified atom stereocenters. The lowest BCUT2D eigenvalue weighted by molar-refractivity contribution is 0.0603. The molecule has 98 valence electrons. The third-order valence-corrected chi connectivity index (χ3v) is 3.54. The van der Waals surface area contributed by atoms with Crippen LogP contribution in [-0.4, -0.2) is 49.7 Å². The molecule has 0 bridgehead atoms. The molecule has 0 amide bonds. The van der Waals surface area contributed by atoms with Crippen molar-refractivity contribution in [2.75, 3.05) is 20.3 Å². The van der Waals surface area contributed by atoms with Gasteiger partial charge in [-0.05, 0) is 6.42 Å². The van der Waals surface area contributed by atoms with Gasteiger partial charge in [-0.15, -0.1) is 0 Å². The number of ether oxygens (including phenoxy) is 1. The quantitative estimate of drug-likeness (QED) is 0.664. The number of nitrogens with one attached hydrogen (secondary N) is 1. The minimum Gasteiger partial charge on any atom is -0.391 e. The largest absolute Gasteiger partial charge is 0.391 e. The first kappa shape index (κ1) is 14.1. The molecule has 0 aliphatic heterocycles. The Hall–Kier alpha value is -0.960. The highest BCUT2D eigenvalue weighted by Gasteiger charge is 2.15. The van der Waals surface area contributed by atoms with Gasteiger partial charge >= 0.3 is 0 Å². The fraction of sp³-hybridized carbons (Fsp3) is 0.667. The maximum Gasteiger partial charge on any atom is 0.243 e. The third kappa shape index (κ3) is 4.43. The molecule has 1 aromatic rings. The number of aryl methyl sites for hydroxylation is 1. The summed E-state index contributed by atoms with van der Waals surface area (Å²) in [6, 6.07) is 0. The van der Waals surface area contributed by atoms with Gasteiger partial charge < -0.3 is 9.84 Å². The lowest BCUT2D eigenvalue weighted by atomic mass is 10.3. The van der Waals surface area contributed by atoms with E-state index in [0.717, 1.165) is 0 Å². The molecule has 0 fully saturated rings. The maximum atomic E-state index is 11.7. The molecule has 1 aromatic heterocycles. The third-order valence-electron chi connectivity index (χ3n) is 2.12. The molecule has 1 rings (SSSR count). The van der Waals surface area contributed by atoms with Gasteiger partial charge in [0.05, 0.1) is 18.9 Å². The van der Waals surface area contributed by atoms with Crippen LogP contribution in [0.1, 0.15) is 6.42 Å². The van der Waals surface area contributed by atoms with E-state index in [1.54, 1.807) is 7.05 Å². The fourth-order valence-corrected chi connectivity index (χ4v) is 2.29. The zero-order valence-corrected chi connectivity index (χ0v) is 10.6. The van der Waals surface area contributed by atoms with Crippen molar-refractivity contribution in [3.8, 4) is 0 Å². The van der Waals surface area contributed by atoms with Crippen molar-refractivity contribution in [2.24, 2.45) is 7.05 Å². The number of rotatable bonds is 7. The average Bonchev–Trinajstić information content (AvgIpc) is 2.65. The van der Waals surface area contributed by atoms with Gasteiger partial charge in [0.15, 0.2) is 0 Å². The molecule has 7 nitrogen and oxygen atoms in total. The molecule has 0 aliphatic rings. The number of methoxy groups -OCH3 is 1. The van der Waals surface area contributed by atoms with Gasteiger partial charge in [0.2, 0.25) is 10.0 Å². The van der Waals surface area contributed by atoms with Crippen molar-refractivity contribution in [3.63, 3.8) is 0 Å². The molecule has 1 heterocycles. The standard InChI is InChI=1S/C9H17N3O4S/c1-12-6-9(5-10-12)17(14,15)11-4-3-8(13)7-16-2/h5-6,8,11,13H,3-4,7H2,1-2H3. The van der Waals surface area contributed by atoms with Gasteiger partial charge in [-0.25, -0.2) is 13.1 Å². The molecule has 0 aliphatic carbocycles. The SMILES string of the molecule is COCC(O)CCNS(=O)(=O)c1cnn(C)c1. The molecular weight excluding hydrogens is 246 g/mol. The maximum absolute atomic E-state index is 11.7. The summed E-state index contributed by atoms with van der Waals surface area (Å²) in [6.07, 6.45) is 2.31.